The van der Waals surface area contributed by atoms with Crippen LogP contribution in [0.3, 0.4) is 0 Å². The van der Waals surface area contributed by atoms with Crippen LogP contribution in [-0.2, 0) is 28.7 Å². The minimum Gasteiger partial charge on any atom is -0.326 e. The second-order valence-corrected chi connectivity index (χ2v) is 11.8. The molecule has 0 saturated carbocycles. The lowest BCUT2D eigenvalue weighted by atomic mass is 10.2. The van der Waals surface area contributed by atoms with E-state index in [9.17, 15) is 26.4 Å². The molecule has 0 radical (unpaired) electrons. The van der Waals surface area contributed by atoms with Gasteiger partial charge in [-0.2, -0.15) is 4.31 Å². The smallest absolute Gasteiger partial charge is 0.261 e. The first-order chi connectivity index (χ1) is 15.4. The molecule has 2 N–H and O–H groups in total. The molecule has 0 aromatic heterocycles. The van der Waals surface area contributed by atoms with Gasteiger partial charge in [0, 0.05) is 49.0 Å². The standard InChI is InChI=1S/C13H18N2O3S.C8H8ClNO3S/c1-11(16)14-12-5-7-13(8-6-12)19(17,18)15-9-3-2-4-10-15;1-6(11)10-7-2-4-8(5-3-7)14(9,12)13/h5-8H,2-4,9-10H2,1H3,(H,14,16);2-5H,1H3,(H,10,11). The molecule has 0 unspecified atom stereocenters. The van der Waals surface area contributed by atoms with Crippen LogP contribution >= 0.6 is 10.7 Å². The third kappa shape index (κ3) is 8.43. The summed E-state index contributed by atoms with van der Waals surface area (Å²) in [5, 5.41) is 5.12. The van der Waals surface area contributed by atoms with Crippen LogP contribution in [0.2, 0.25) is 0 Å². The summed E-state index contributed by atoms with van der Waals surface area (Å²) in [7, 11) is -1.97. The minimum absolute atomic E-state index is 0.00766. The Morgan fingerprint density at radius 1 is 0.727 bits per heavy atom. The lowest BCUT2D eigenvalue weighted by molar-refractivity contribution is -0.115. The van der Waals surface area contributed by atoms with Gasteiger partial charge in [0.05, 0.1) is 9.79 Å². The van der Waals surface area contributed by atoms with E-state index in [1.54, 1.807) is 12.1 Å². The number of piperidine rings is 1. The summed E-state index contributed by atoms with van der Waals surface area (Å²) in [5.74, 6) is -0.391. The molecule has 180 valence electrons. The predicted octanol–water partition coefficient (Wildman–Crippen LogP) is 3.39. The highest BCUT2D eigenvalue weighted by Crippen LogP contribution is 2.22. The van der Waals surface area contributed by atoms with Crippen LogP contribution < -0.4 is 10.6 Å². The average Bonchev–Trinajstić information content (AvgIpc) is 2.74. The molecule has 2 aromatic carbocycles. The molecule has 2 amide bonds. The first-order valence-electron chi connectivity index (χ1n) is 10.1. The van der Waals surface area contributed by atoms with Gasteiger partial charge in [-0.05, 0) is 61.4 Å². The molecule has 0 bridgehead atoms. The number of anilines is 2. The zero-order valence-electron chi connectivity index (χ0n) is 18.2. The first kappa shape index (κ1) is 26.8. The van der Waals surface area contributed by atoms with E-state index in [-0.39, 0.29) is 21.6 Å². The summed E-state index contributed by atoms with van der Waals surface area (Å²) in [5.41, 5.74) is 1.13. The van der Waals surface area contributed by atoms with E-state index in [1.807, 2.05) is 0 Å². The van der Waals surface area contributed by atoms with Gasteiger partial charge in [0.25, 0.3) is 9.05 Å². The minimum atomic E-state index is -3.69. The molecule has 3 rings (SSSR count). The molecule has 1 aliphatic rings. The van der Waals surface area contributed by atoms with Crippen molar-refractivity contribution in [1.82, 2.24) is 4.31 Å². The number of sulfonamides is 1. The monoisotopic (exact) mass is 515 g/mol. The number of rotatable bonds is 5. The maximum atomic E-state index is 12.4. The van der Waals surface area contributed by atoms with Gasteiger partial charge in [-0.15, -0.1) is 0 Å². The summed E-state index contributed by atoms with van der Waals surface area (Å²) in [4.78, 5) is 21.8. The van der Waals surface area contributed by atoms with Crippen LogP contribution in [0.15, 0.2) is 58.3 Å². The molecule has 1 heterocycles. The highest BCUT2D eigenvalue weighted by atomic mass is 35.7. The number of amides is 2. The van der Waals surface area contributed by atoms with Crippen molar-refractivity contribution in [2.75, 3.05) is 23.7 Å². The SMILES string of the molecule is CC(=O)Nc1ccc(S(=O)(=O)Cl)cc1.CC(=O)Nc1ccc(S(=O)(=O)N2CCCCC2)cc1. The van der Waals surface area contributed by atoms with Crippen molar-refractivity contribution in [3.05, 3.63) is 48.5 Å². The zero-order valence-corrected chi connectivity index (χ0v) is 20.6. The Hall–Kier alpha value is -2.47. The van der Waals surface area contributed by atoms with Crippen molar-refractivity contribution in [3.63, 3.8) is 0 Å². The Bertz CT molecular complexity index is 1180. The third-order valence-electron chi connectivity index (χ3n) is 4.58. The Kier molecular flexibility index (Phi) is 9.41. The number of nitrogens with zero attached hydrogens (tertiary/aromatic N) is 1. The maximum absolute atomic E-state index is 12.4. The Morgan fingerprint density at radius 3 is 1.48 bits per heavy atom. The summed E-state index contributed by atoms with van der Waals surface area (Å²) in [6.07, 6.45) is 2.93. The van der Waals surface area contributed by atoms with Crippen molar-refractivity contribution in [3.8, 4) is 0 Å². The van der Waals surface area contributed by atoms with Gasteiger partial charge < -0.3 is 10.6 Å². The number of nitrogens with one attached hydrogen (secondary N) is 2. The Balaban J connectivity index is 0.000000245. The van der Waals surface area contributed by atoms with E-state index >= 15 is 0 Å². The van der Waals surface area contributed by atoms with Crippen molar-refractivity contribution < 1.29 is 26.4 Å². The van der Waals surface area contributed by atoms with Gasteiger partial charge in [-0.3, -0.25) is 9.59 Å². The van der Waals surface area contributed by atoms with Crippen LogP contribution in [0.5, 0.6) is 0 Å². The van der Waals surface area contributed by atoms with Crippen molar-refractivity contribution in [1.29, 1.82) is 0 Å². The molecule has 0 atom stereocenters. The second kappa shape index (κ2) is 11.6. The summed E-state index contributed by atoms with van der Waals surface area (Å²) in [6, 6.07) is 11.9. The van der Waals surface area contributed by atoms with Crippen LogP contribution in [-0.4, -0.2) is 46.0 Å². The molecule has 33 heavy (non-hydrogen) atoms. The lowest BCUT2D eigenvalue weighted by Crippen LogP contribution is -2.35. The molecule has 0 aliphatic carbocycles. The number of hydrogen-bond donors (Lipinski definition) is 2. The van der Waals surface area contributed by atoms with Gasteiger partial charge in [0.1, 0.15) is 0 Å². The molecule has 9 nitrogen and oxygen atoms in total. The molecule has 12 heteroatoms. The van der Waals surface area contributed by atoms with Crippen LogP contribution in [0.4, 0.5) is 11.4 Å². The first-order valence-corrected chi connectivity index (χ1v) is 13.8. The second-order valence-electron chi connectivity index (χ2n) is 7.31. The molecular formula is C21H26ClN3O6S2. The van der Waals surface area contributed by atoms with Crippen molar-refractivity contribution >= 4 is 52.9 Å². The van der Waals surface area contributed by atoms with E-state index in [2.05, 4.69) is 10.6 Å². The highest BCUT2D eigenvalue weighted by Gasteiger charge is 2.25. The van der Waals surface area contributed by atoms with Gasteiger partial charge in [0.15, 0.2) is 0 Å². The van der Waals surface area contributed by atoms with Gasteiger partial charge in [-0.1, -0.05) is 6.42 Å². The van der Waals surface area contributed by atoms with Crippen LogP contribution in [0, 0.1) is 0 Å². The summed E-state index contributed by atoms with van der Waals surface area (Å²) < 4.78 is 47.9. The number of halogens is 1. The van der Waals surface area contributed by atoms with Gasteiger partial charge >= 0.3 is 0 Å². The van der Waals surface area contributed by atoms with E-state index in [1.165, 1.54) is 54.6 Å². The predicted molar refractivity (Wildman–Crippen MR) is 127 cm³/mol. The maximum Gasteiger partial charge on any atom is 0.261 e. The van der Waals surface area contributed by atoms with Gasteiger partial charge in [0.2, 0.25) is 21.8 Å². The quantitative estimate of drug-likeness (QED) is 0.587. The fraction of sp³-hybridized carbons (Fsp3) is 0.333. The normalized spacial score (nSPS) is 14.5. The van der Waals surface area contributed by atoms with E-state index in [0.717, 1.165) is 19.3 Å². The fourth-order valence-corrected chi connectivity index (χ4v) is 5.36. The summed E-state index contributed by atoms with van der Waals surface area (Å²) >= 11 is 0. The van der Waals surface area contributed by atoms with Crippen molar-refractivity contribution in [2.24, 2.45) is 0 Å². The Labute approximate surface area is 198 Å². The Morgan fingerprint density at radius 2 is 1.12 bits per heavy atom. The molecule has 1 saturated heterocycles. The molecule has 1 fully saturated rings. The van der Waals surface area contributed by atoms with E-state index < -0.39 is 19.1 Å². The molecule has 1 aliphatic heterocycles. The van der Waals surface area contributed by atoms with Gasteiger partial charge in [-0.25, -0.2) is 16.8 Å². The lowest BCUT2D eigenvalue weighted by Gasteiger charge is -2.25. The highest BCUT2D eigenvalue weighted by molar-refractivity contribution is 8.13. The number of carbonyl (C=O) groups is 2. The number of hydrogen-bond acceptors (Lipinski definition) is 6. The molecule has 2 aromatic rings. The topological polar surface area (TPSA) is 130 Å². The van der Waals surface area contributed by atoms with Crippen LogP contribution in [0.25, 0.3) is 0 Å². The number of carbonyl (C=O) groups excluding carboxylic acids is 2. The fourth-order valence-electron chi connectivity index (χ4n) is 3.07. The van der Waals surface area contributed by atoms with Crippen LogP contribution in [0.1, 0.15) is 33.1 Å². The molecule has 0 spiro atoms. The third-order valence-corrected chi connectivity index (χ3v) is 7.87. The summed E-state index contributed by atoms with van der Waals surface area (Å²) in [6.45, 7) is 3.97. The number of benzene rings is 2. The molecular weight excluding hydrogens is 490 g/mol. The van der Waals surface area contributed by atoms with Crippen molar-refractivity contribution in [2.45, 2.75) is 42.9 Å². The zero-order chi connectivity index (χ0) is 24.6. The average molecular weight is 516 g/mol. The largest absolute Gasteiger partial charge is 0.326 e. The van der Waals surface area contributed by atoms with E-state index in [4.69, 9.17) is 10.7 Å². The van der Waals surface area contributed by atoms with E-state index in [0.29, 0.717) is 24.5 Å².